The highest BCUT2D eigenvalue weighted by Crippen LogP contribution is 2.28. The number of hydrogen-bond acceptors (Lipinski definition) is 4. The third-order valence-corrected chi connectivity index (χ3v) is 4.68. The Bertz CT molecular complexity index is 976. The molecule has 0 radical (unpaired) electrons. The monoisotopic (exact) mass is 340 g/mol. The molecule has 0 atom stereocenters. The van der Waals surface area contributed by atoms with Crippen LogP contribution in [0.1, 0.15) is 18.5 Å². The second-order valence-corrected chi connectivity index (χ2v) is 6.43. The zero-order valence-corrected chi connectivity index (χ0v) is 14.1. The van der Waals surface area contributed by atoms with Crippen LogP contribution in [-0.4, -0.2) is 27.6 Å². The highest BCUT2D eigenvalue weighted by molar-refractivity contribution is 6.32. The summed E-state index contributed by atoms with van der Waals surface area (Å²) in [4.78, 5) is 24.0. The van der Waals surface area contributed by atoms with E-state index in [0.717, 1.165) is 42.8 Å². The number of halogens is 1. The van der Waals surface area contributed by atoms with Crippen LogP contribution in [0.4, 0.5) is 5.82 Å². The maximum atomic E-state index is 12.8. The van der Waals surface area contributed by atoms with Gasteiger partial charge in [0.25, 0.3) is 0 Å². The summed E-state index contributed by atoms with van der Waals surface area (Å²) < 4.78 is 1.50. The molecule has 24 heavy (non-hydrogen) atoms. The molecule has 4 rings (SSSR count). The van der Waals surface area contributed by atoms with Gasteiger partial charge in [0.05, 0.1) is 16.1 Å². The van der Waals surface area contributed by atoms with Gasteiger partial charge in [0.2, 0.25) is 0 Å². The summed E-state index contributed by atoms with van der Waals surface area (Å²) in [5.41, 5.74) is 1.70. The highest BCUT2D eigenvalue weighted by atomic mass is 35.5. The quantitative estimate of drug-likeness (QED) is 0.718. The smallest absolute Gasteiger partial charge is 0.355 e. The Hall–Kier alpha value is -2.40. The Morgan fingerprint density at radius 1 is 1.04 bits per heavy atom. The molecule has 0 N–H and O–H groups in total. The predicted octanol–water partition coefficient (Wildman–Crippen LogP) is 3.34. The van der Waals surface area contributed by atoms with Crippen LogP contribution < -0.4 is 10.6 Å². The molecule has 1 aliphatic heterocycles. The molecule has 3 heterocycles. The largest absolute Gasteiger partial charge is 0.356 e. The van der Waals surface area contributed by atoms with Gasteiger partial charge in [-0.2, -0.15) is 4.98 Å². The average Bonchev–Trinajstić information content (AvgIpc) is 3.09. The molecule has 2 aromatic heterocycles. The van der Waals surface area contributed by atoms with E-state index >= 15 is 0 Å². The molecule has 0 spiro atoms. The van der Waals surface area contributed by atoms with Crippen molar-refractivity contribution in [2.45, 2.75) is 19.8 Å². The maximum absolute atomic E-state index is 12.8. The summed E-state index contributed by atoms with van der Waals surface area (Å²) >= 11 is 6.31. The van der Waals surface area contributed by atoms with Crippen LogP contribution in [0.15, 0.2) is 41.2 Å². The first kappa shape index (κ1) is 15.1. The van der Waals surface area contributed by atoms with Crippen LogP contribution in [0.5, 0.6) is 0 Å². The van der Waals surface area contributed by atoms with Crippen molar-refractivity contribution in [2.75, 3.05) is 18.0 Å². The number of pyridine rings is 1. The number of para-hydroxylation sites is 1. The minimum absolute atomic E-state index is 0.351. The van der Waals surface area contributed by atoms with E-state index in [1.54, 1.807) is 6.07 Å². The number of rotatable bonds is 2. The van der Waals surface area contributed by atoms with Crippen molar-refractivity contribution >= 4 is 28.5 Å². The van der Waals surface area contributed by atoms with Crippen molar-refractivity contribution in [1.29, 1.82) is 0 Å². The van der Waals surface area contributed by atoms with Gasteiger partial charge in [-0.15, -0.1) is 0 Å². The van der Waals surface area contributed by atoms with E-state index in [2.05, 4.69) is 14.9 Å². The van der Waals surface area contributed by atoms with Crippen LogP contribution in [0.2, 0.25) is 5.02 Å². The van der Waals surface area contributed by atoms with Crippen LogP contribution in [0, 0.1) is 6.92 Å². The fourth-order valence-electron chi connectivity index (χ4n) is 3.20. The molecular formula is C18H17ClN4O. The fourth-order valence-corrected chi connectivity index (χ4v) is 3.42. The van der Waals surface area contributed by atoms with E-state index < -0.39 is 0 Å². The molecule has 1 fully saturated rings. The lowest BCUT2D eigenvalue weighted by molar-refractivity contribution is 0.884. The van der Waals surface area contributed by atoms with Crippen molar-refractivity contribution in [3.8, 4) is 5.69 Å². The Morgan fingerprint density at radius 2 is 1.79 bits per heavy atom. The van der Waals surface area contributed by atoms with Crippen molar-refractivity contribution in [3.63, 3.8) is 0 Å². The summed E-state index contributed by atoms with van der Waals surface area (Å²) in [5.74, 6) is 0.725. The van der Waals surface area contributed by atoms with Crippen LogP contribution >= 0.6 is 11.6 Å². The van der Waals surface area contributed by atoms with Gasteiger partial charge in [-0.3, -0.25) is 0 Å². The SMILES string of the molecule is Cc1ccc2c(N3CCCC3)nc(=O)n(-c3ccccc3Cl)c2n1. The Labute approximate surface area is 144 Å². The zero-order valence-electron chi connectivity index (χ0n) is 13.4. The van der Waals surface area contributed by atoms with Crippen molar-refractivity contribution in [1.82, 2.24) is 14.5 Å². The summed E-state index contributed by atoms with van der Waals surface area (Å²) in [6.07, 6.45) is 2.24. The van der Waals surface area contributed by atoms with Crippen molar-refractivity contribution in [2.24, 2.45) is 0 Å². The van der Waals surface area contributed by atoms with Gasteiger partial charge in [-0.25, -0.2) is 14.3 Å². The molecule has 0 amide bonds. The Balaban J connectivity index is 2.07. The molecular weight excluding hydrogens is 324 g/mol. The number of fused-ring (bicyclic) bond motifs is 1. The van der Waals surface area contributed by atoms with Crippen molar-refractivity contribution < 1.29 is 0 Å². The van der Waals surface area contributed by atoms with Gasteiger partial charge in [0.1, 0.15) is 5.82 Å². The van der Waals surface area contributed by atoms with E-state index in [1.807, 2.05) is 37.3 Å². The van der Waals surface area contributed by atoms with Gasteiger partial charge in [-0.05, 0) is 44.0 Å². The second kappa shape index (κ2) is 5.91. The molecule has 0 unspecified atom stereocenters. The predicted molar refractivity (Wildman–Crippen MR) is 96.3 cm³/mol. The molecule has 122 valence electrons. The van der Waals surface area contributed by atoms with Gasteiger partial charge in [-0.1, -0.05) is 23.7 Å². The number of aromatic nitrogens is 3. The molecule has 5 nitrogen and oxygen atoms in total. The van der Waals surface area contributed by atoms with Crippen LogP contribution in [0.3, 0.4) is 0 Å². The zero-order chi connectivity index (χ0) is 16.7. The molecule has 1 aliphatic rings. The second-order valence-electron chi connectivity index (χ2n) is 6.02. The lowest BCUT2D eigenvalue weighted by Gasteiger charge is -2.20. The molecule has 3 aromatic rings. The topological polar surface area (TPSA) is 51.0 Å². The fraction of sp³-hybridized carbons (Fsp3) is 0.278. The third kappa shape index (κ3) is 2.45. The molecule has 1 aromatic carbocycles. The summed E-state index contributed by atoms with van der Waals surface area (Å²) in [6.45, 7) is 3.76. The summed E-state index contributed by atoms with van der Waals surface area (Å²) in [5, 5.41) is 1.38. The Morgan fingerprint density at radius 3 is 2.54 bits per heavy atom. The minimum atomic E-state index is -0.351. The lowest BCUT2D eigenvalue weighted by Crippen LogP contribution is -2.28. The number of benzene rings is 1. The van der Waals surface area contributed by atoms with Gasteiger partial charge < -0.3 is 4.90 Å². The molecule has 0 bridgehead atoms. The number of hydrogen-bond donors (Lipinski definition) is 0. The standard InChI is InChI=1S/C18H17ClN4O/c1-12-8-9-13-16(22-10-4-5-11-22)21-18(24)23(17(13)20-12)15-7-3-2-6-14(15)19/h2-3,6-9H,4-5,10-11H2,1H3. The number of aryl methyl sites for hydroxylation is 1. The molecule has 1 saturated heterocycles. The maximum Gasteiger partial charge on any atom is 0.355 e. The first-order valence-electron chi connectivity index (χ1n) is 8.05. The first-order chi connectivity index (χ1) is 11.6. The minimum Gasteiger partial charge on any atom is -0.356 e. The summed E-state index contributed by atoms with van der Waals surface area (Å²) in [7, 11) is 0. The number of nitrogens with zero attached hydrogens (tertiary/aromatic N) is 4. The van der Waals surface area contributed by atoms with Crippen LogP contribution in [-0.2, 0) is 0 Å². The van der Waals surface area contributed by atoms with E-state index in [0.29, 0.717) is 16.4 Å². The molecule has 0 saturated carbocycles. The van der Waals surface area contributed by atoms with Gasteiger partial charge in [0.15, 0.2) is 5.65 Å². The average molecular weight is 341 g/mol. The highest BCUT2D eigenvalue weighted by Gasteiger charge is 2.21. The van der Waals surface area contributed by atoms with Crippen molar-refractivity contribution in [3.05, 3.63) is 57.6 Å². The van der Waals surface area contributed by atoms with E-state index in [4.69, 9.17) is 11.6 Å². The first-order valence-corrected chi connectivity index (χ1v) is 8.43. The lowest BCUT2D eigenvalue weighted by atomic mass is 10.2. The molecule has 0 aliphatic carbocycles. The van der Waals surface area contributed by atoms with Crippen LogP contribution in [0.25, 0.3) is 16.7 Å². The van der Waals surface area contributed by atoms with E-state index in [1.165, 1.54) is 4.57 Å². The summed E-state index contributed by atoms with van der Waals surface area (Å²) in [6, 6.07) is 11.2. The Kier molecular flexibility index (Phi) is 3.73. The van der Waals surface area contributed by atoms with E-state index in [9.17, 15) is 4.79 Å². The molecule has 6 heteroatoms. The third-order valence-electron chi connectivity index (χ3n) is 4.36. The normalized spacial score (nSPS) is 14.5. The van der Waals surface area contributed by atoms with E-state index in [-0.39, 0.29) is 5.69 Å². The number of anilines is 1. The van der Waals surface area contributed by atoms with Gasteiger partial charge >= 0.3 is 5.69 Å². The van der Waals surface area contributed by atoms with Gasteiger partial charge in [0, 0.05) is 18.8 Å².